The van der Waals surface area contributed by atoms with Gasteiger partial charge in [0.15, 0.2) is 0 Å². The van der Waals surface area contributed by atoms with Gasteiger partial charge in [-0.25, -0.2) is 4.79 Å². The van der Waals surface area contributed by atoms with Gasteiger partial charge in [0.25, 0.3) is 0 Å². The van der Waals surface area contributed by atoms with Gasteiger partial charge >= 0.3 is 6.09 Å². The van der Waals surface area contributed by atoms with Gasteiger partial charge in [-0.3, -0.25) is 9.80 Å². The lowest BCUT2D eigenvalue weighted by Gasteiger charge is -2.26. The number of allylic oxidation sites excluding steroid dienone is 3. The van der Waals surface area contributed by atoms with Crippen molar-refractivity contribution >= 4 is 50.5 Å². The first-order chi connectivity index (χ1) is 56.1. The van der Waals surface area contributed by atoms with Crippen molar-refractivity contribution < 1.29 is 54.1 Å². The van der Waals surface area contributed by atoms with Crippen molar-refractivity contribution in [1.29, 1.82) is 0 Å². The SMILES string of the molecule is CC(C)(C)OC(=O)N1C[C@H]2CN(CCOc3ccc(/C(=C(/CCCO)c4ccccc4)c4ccc(O)cc4)cc3)C[C@H]2C1.OCCC/C(=C(\c1ccc(O)cc1)c1ccc(OCCN2C[C@H]3CNC[C@H]3C2)cc1)c1ccccc1.OCCC/C(=C(\c1ccc(O)cc1)c1ccc2oc(CCN3CCCCC3)cc2c1)c1ccccc1. The van der Waals surface area contributed by atoms with Crippen LogP contribution in [0.2, 0.25) is 0 Å². The Morgan fingerprint density at radius 2 is 0.791 bits per heavy atom. The standard InChI is InChI=1S/C36H44N2O5.C32H35NO3.C31H36N2O3/c1-36(2,3)43-35(41)38-24-29-22-37(23-30(29)25-38)19-21-42-32-17-13-28(14-18-32)34(27-11-15-31(40)16-12-27)33(10-7-20-39)26-8-5-4-6-9-26;34-21-7-10-30(24-8-3-1-4-9-24)32(25-11-14-28(35)15-12-25)26-13-16-31-27(22-26)23-29(36-31)17-20-33-18-5-2-6-19-33;34-17-4-7-30(23-5-2-1-3-6-23)31(24-8-12-28(35)13-9-24)25-10-14-29(15-11-25)36-18-16-33-21-26-19-32-20-27(26)22-33/h4-6,8-9,11-18,29-30,39-40H,7,10,19-25H2,1-3H3;1,3-4,8-9,11-16,22-23,34-35H,2,5-7,10,17-21H2;1-3,5-6,8-15,26-27,32,34-35H,4,7,16-22H2/b34-33-;32-30-;31-30-/t29-,30+;;26-,27+. The molecule has 5 aliphatic rings. The minimum atomic E-state index is -0.468. The summed E-state index contributed by atoms with van der Waals surface area (Å²) in [6.45, 7) is 20.8. The number of piperidine rings is 1. The number of likely N-dealkylation sites (tertiary alicyclic amines) is 4. The average Bonchev–Trinajstić information content (AvgIpc) is 1.76. The second-order valence-electron chi connectivity index (χ2n) is 32.2. The van der Waals surface area contributed by atoms with E-state index in [9.17, 15) is 35.4 Å². The van der Waals surface area contributed by atoms with Crippen LogP contribution in [0.5, 0.6) is 28.7 Å². The Morgan fingerprint density at radius 1 is 0.417 bits per heavy atom. The number of carbonyl (C=O) groups is 1. The van der Waals surface area contributed by atoms with Gasteiger partial charge in [-0.2, -0.15) is 0 Å². The van der Waals surface area contributed by atoms with Crippen molar-refractivity contribution in [3.05, 3.63) is 292 Å². The number of phenolic OH excluding ortho intramolecular Hbond substituents is 3. The highest BCUT2D eigenvalue weighted by Crippen LogP contribution is 2.42. The van der Waals surface area contributed by atoms with E-state index in [1.807, 2.05) is 129 Å². The third-order valence-electron chi connectivity index (χ3n) is 22.8. The van der Waals surface area contributed by atoms with Crippen LogP contribution in [0.25, 0.3) is 44.4 Å². The predicted molar refractivity (Wildman–Crippen MR) is 462 cm³/mol. The Hall–Kier alpha value is -10.3. The number of hydrogen-bond acceptors (Lipinski definition) is 15. The summed E-state index contributed by atoms with van der Waals surface area (Å²) in [6, 6.07) is 78.2. The van der Waals surface area contributed by atoms with Gasteiger partial charge in [-0.15, -0.1) is 0 Å². The maximum Gasteiger partial charge on any atom is 0.410 e. The van der Waals surface area contributed by atoms with Gasteiger partial charge in [-0.1, -0.05) is 164 Å². The second-order valence-corrected chi connectivity index (χ2v) is 32.2. The number of ether oxygens (including phenoxy) is 3. The summed E-state index contributed by atoms with van der Waals surface area (Å²) in [5.74, 6) is 6.04. The number of hydrogen-bond donors (Lipinski definition) is 7. The van der Waals surface area contributed by atoms with Crippen molar-refractivity contribution in [3.63, 3.8) is 0 Å². The predicted octanol–water partition coefficient (Wildman–Crippen LogP) is 17.9. The Labute approximate surface area is 679 Å². The van der Waals surface area contributed by atoms with Crippen LogP contribution in [0, 0.1) is 23.7 Å². The molecule has 15 rings (SSSR count). The molecule has 0 unspecified atom stereocenters. The number of amides is 1. The molecule has 0 saturated carbocycles. The number of aromatic hydroxyl groups is 3. The maximum atomic E-state index is 12.5. The number of furan rings is 1. The van der Waals surface area contributed by atoms with E-state index in [4.69, 9.17) is 18.6 Å². The van der Waals surface area contributed by atoms with Gasteiger partial charge in [-0.05, 0) is 284 Å². The fraction of sp³-hybridized carbons (Fsp3) is 0.364. The molecule has 5 saturated heterocycles. The van der Waals surface area contributed by atoms with Gasteiger partial charge in [0.2, 0.25) is 0 Å². The van der Waals surface area contributed by atoms with Crippen molar-refractivity contribution in [1.82, 2.24) is 24.9 Å². The van der Waals surface area contributed by atoms with Gasteiger partial charge in [0, 0.05) is 90.5 Å². The van der Waals surface area contributed by atoms with Crippen LogP contribution >= 0.6 is 0 Å². The Morgan fingerprint density at radius 3 is 1.18 bits per heavy atom. The minimum absolute atomic E-state index is 0.118. The molecule has 115 heavy (non-hydrogen) atoms. The Balaban J connectivity index is 0.000000151. The number of phenols is 3. The van der Waals surface area contributed by atoms with Crippen molar-refractivity contribution in [2.75, 3.05) is 118 Å². The molecule has 5 aliphatic heterocycles. The van der Waals surface area contributed by atoms with E-state index in [1.54, 1.807) is 36.4 Å². The summed E-state index contributed by atoms with van der Waals surface area (Å²) in [5, 5.41) is 63.2. The van der Waals surface area contributed by atoms with Crippen LogP contribution < -0.4 is 14.8 Å². The number of nitrogens with zero attached hydrogens (tertiary/aromatic N) is 4. The van der Waals surface area contributed by atoms with Crippen LogP contribution in [0.1, 0.15) is 134 Å². The van der Waals surface area contributed by atoms with E-state index < -0.39 is 5.60 Å². The Bertz CT molecular complexity index is 4760. The van der Waals surface area contributed by atoms with Crippen molar-refractivity contribution in [3.8, 4) is 28.7 Å². The summed E-state index contributed by atoms with van der Waals surface area (Å²) < 4.78 is 24.1. The molecule has 16 heteroatoms. The lowest BCUT2D eigenvalue weighted by Crippen LogP contribution is -2.38. The van der Waals surface area contributed by atoms with E-state index >= 15 is 0 Å². The first-order valence-corrected chi connectivity index (χ1v) is 41.5. The van der Waals surface area contributed by atoms with Crippen molar-refractivity contribution in [2.45, 2.75) is 90.6 Å². The largest absolute Gasteiger partial charge is 0.508 e. The van der Waals surface area contributed by atoms with Gasteiger partial charge in [0.05, 0.1) is 0 Å². The van der Waals surface area contributed by atoms with Crippen molar-refractivity contribution in [2.24, 2.45) is 23.7 Å². The highest BCUT2D eigenvalue weighted by Gasteiger charge is 2.43. The van der Waals surface area contributed by atoms with E-state index in [0.29, 0.717) is 44.3 Å². The third kappa shape index (κ3) is 22.9. The van der Waals surface area contributed by atoms with Crippen LogP contribution in [0.15, 0.2) is 241 Å². The summed E-state index contributed by atoms with van der Waals surface area (Å²) in [6.07, 6.45) is 8.93. The normalized spacial score (nSPS) is 18.3. The molecule has 1 aromatic heterocycles. The monoisotopic (exact) mass is 1550 g/mol. The number of aliphatic hydroxyl groups excluding tert-OH is 3. The fourth-order valence-electron chi connectivity index (χ4n) is 17.1. The molecular weight excluding hydrogens is 1440 g/mol. The number of nitrogens with one attached hydrogen (secondary N) is 1. The number of aliphatic hydroxyl groups is 3. The van der Waals surface area contributed by atoms with E-state index in [0.717, 1.165) is 197 Å². The zero-order valence-corrected chi connectivity index (χ0v) is 67.1. The molecule has 1 amide bonds. The van der Waals surface area contributed by atoms with E-state index in [-0.39, 0.29) is 43.2 Å². The maximum absolute atomic E-state index is 12.5. The number of rotatable bonds is 29. The molecule has 0 aliphatic carbocycles. The van der Waals surface area contributed by atoms with E-state index in [1.165, 1.54) is 56.6 Å². The van der Waals surface area contributed by atoms with Gasteiger partial charge in [0.1, 0.15) is 58.9 Å². The van der Waals surface area contributed by atoms with Crippen LogP contribution in [0.4, 0.5) is 4.79 Å². The fourth-order valence-corrected chi connectivity index (χ4v) is 17.1. The molecule has 0 bridgehead atoms. The van der Waals surface area contributed by atoms with Gasteiger partial charge < -0.3 is 64.4 Å². The molecule has 602 valence electrons. The second kappa shape index (κ2) is 40.8. The molecule has 9 aromatic carbocycles. The number of fused-ring (bicyclic) bond motifs is 3. The Kier molecular flexibility index (Phi) is 29.4. The molecule has 4 atom stereocenters. The zero-order valence-electron chi connectivity index (χ0n) is 67.1. The molecule has 7 N–H and O–H groups in total. The highest BCUT2D eigenvalue weighted by atomic mass is 16.6. The highest BCUT2D eigenvalue weighted by molar-refractivity contribution is 6.02. The smallest absolute Gasteiger partial charge is 0.410 e. The third-order valence-corrected chi connectivity index (χ3v) is 22.8. The topological polar surface area (TPSA) is 204 Å². The summed E-state index contributed by atoms with van der Waals surface area (Å²) in [4.78, 5) is 21.8. The first-order valence-electron chi connectivity index (χ1n) is 41.5. The summed E-state index contributed by atoms with van der Waals surface area (Å²) in [5.41, 5.74) is 17.0. The molecule has 6 heterocycles. The average molecular weight is 1550 g/mol. The molecule has 0 radical (unpaired) electrons. The van der Waals surface area contributed by atoms with Crippen LogP contribution in [-0.2, 0) is 11.2 Å². The molecule has 10 aromatic rings. The molecule has 0 spiro atoms. The quantitative estimate of drug-likeness (QED) is 0.0218. The number of carbonyl (C=O) groups excluding carboxylic acids is 1. The van der Waals surface area contributed by atoms with Crippen LogP contribution in [-0.4, -0.2) is 180 Å². The van der Waals surface area contributed by atoms with E-state index in [2.05, 4.69) is 117 Å². The summed E-state index contributed by atoms with van der Waals surface area (Å²) in [7, 11) is 0. The number of benzene rings is 9. The molecule has 16 nitrogen and oxygen atoms in total. The lowest BCUT2D eigenvalue weighted by atomic mass is 9.87. The zero-order chi connectivity index (χ0) is 79.9. The minimum Gasteiger partial charge on any atom is -0.508 e. The van der Waals surface area contributed by atoms with Crippen LogP contribution in [0.3, 0.4) is 0 Å². The lowest BCUT2D eigenvalue weighted by molar-refractivity contribution is 0.0273. The first kappa shape index (κ1) is 82.7. The summed E-state index contributed by atoms with van der Waals surface area (Å²) >= 11 is 0. The molecular formula is C99H115N5O11. The molecule has 5 fully saturated rings.